The number of nitrogens with zero attached hydrogens (tertiary/aromatic N) is 1. The quantitative estimate of drug-likeness (QED) is 0.773. The van der Waals surface area contributed by atoms with Gasteiger partial charge in [-0.15, -0.1) is 0 Å². The summed E-state index contributed by atoms with van der Waals surface area (Å²) in [4.78, 5) is 4.12. The molecule has 1 aromatic rings. The lowest BCUT2D eigenvalue weighted by molar-refractivity contribution is 0.250. The molecule has 2 nitrogen and oxygen atoms in total. The van der Waals surface area contributed by atoms with Crippen LogP contribution in [0.5, 0.6) is 5.75 Å². The van der Waals surface area contributed by atoms with Crippen molar-refractivity contribution in [2.75, 3.05) is 6.61 Å². The molecular formula is C11H14BrNO. The lowest BCUT2D eigenvalue weighted by Gasteiger charge is -2.11. The first kappa shape index (κ1) is 9.97. The van der Waals surface area contributed by atoms with E-state index >= 15 is 0 Å². The molecular weight excluding hydrogens is 242 g/mol. The predicted molar refractivity (Wildman–Crippen MR) is 59.4 cm³/mol. The molecule has 0 bridgehead atoms. The molecule has 2 rings (SSSR count). The van der Waals surface area contributed by atoms with Gasteiger partial charge in [-0.2, -0.15) is 0 Å². The Kier molecular flexibility index (Phi) is 3.40. The Bertz CT molecular complexity index is 297. The van der Waals surface area contributed by atoms with E-state index in [-0.39, 0.29) is 0 Å². The average Bonchev–Trinajstić information content (AvgIpc) is 2.69. The van der Waals surface area contributed by atoms with Gasteiger partial charge >= 0.3 is 0 Å². The number of aromatic nitrogens is 1. The van der Waals surface area contributed by atoms with Crippen molar-refractivity contribution in [2.45, 2.75) is 25.7 Å². The number of pyridine rings is 1. The second-order valence-corrected chi connectivity index (χ2v) is 4.50. The van der Waals surface area contributed by atoms with Gasteiger partial charge in [-0.1, -0.05) is 12.8 Å². The van der Waals surface area contributed by atoms with E-state index in [1.165, 1.54) is 25.7 Å². The van der Waals surface area contributed by atoms with Crippen LogP contribution in [0.3, 0.4) is 0 Å². The van der Waals surface area contributed by atoms with Crippen molar-refractivity contribution in [2.24, 2.45) is 5.92 Å². The fraction of sp³-hybridized carbons (Fsp3) is 0.545. The standard InChI is InChI=1S/C11H14BrNO/c12-11-10(6-3-7-13-11)14-8-9-4-1-2-5-9/h3,6-7,9H,1-2,4-5,8H2. The first-order valence-electron chi connectivity index (χ1n) is 5.09. The minimum atomic E-state index is 0.752. The SMILES string of the molecule is Brc1ncccc1OCC1CCCC1. The van der Waals surface area contributed by atoms with Crippen molar-refractivity contribution in [3.05, 3.63) is 22.9 Å². The number of ether oxygens (including phenoxy) is 1. The van der Waals surface area contributed by atoms with Crippen molar-refractivity contribution in [3.8, 4) is 5.75 Å². The highest BCUT2D eigenvalue weighted by Gasteiger charge is 2.15. The second-order valence-electron chi connectivity index (χ2n) is 3.75. The predicted octanol–water partition coefficient (Wildman–Crippen LogP) is 3.41. The van der Waals surface area contributed by atoms with Gasteiger partial charge in [-0.3, -0.25) is 0 Å². The molecule has 3 heteroatoms. The highest BCUT2D eigenvalue weighted by atomic mass is 79.9. The summed E-state index contributed by atoms with van der Waals surface area (Å²) in [5.41, 5.74) is 0. The zero-order valence-electron chi connectivity index (χ0n) is 8.08. The van der Waals surface area contributed by atoms with Crippen molar-refractivity contribution in [1.82, 2.24) is 4.98 Å². The van der Waals surface area contributed by atoms with Crippen LogP contribution < -0.4 is 4.74 Å². The van der Waals surface area contributed by atoms with Crippen LogP contribution >= 0.6 is 15.9 Å². The Morgan fingerprint density at radius 1 is 1.43 bits per heavy atom. The summed E-state index contributed by atoms with van der Waals surface area (Å²) in [5.74, 6) is 1.61. The Balaban J connectivity index is 1.88. The summed E-state index contributed by atoms with van der Waals surface area (Å²) in [6, 6.07) is 3.85. The van der Waals surface area contributed by atoms with Gasteiger partial charge in [0.25, 0.3) is 0 Å². The number of hydrogen-bond acceptors (Lipinski definition) is 2. The average molecular weight is 256 g/mol. The summed E-state index contributed by atoms with van der Waals surface area (Å²) < 4.78 is 6.52. The van der Waals surface area contributed by atoms with E-state index in [0.717, 1.165) is 22.9 Å². The van der Waals surface area contributed by atoms with Crippen LogP contribution in [0.4, 0.5) is 0 Å². The minimum absolute atomic E-state index is 0.752. The van der Waals surface area contributed by atoms with Gasteiger partial charge < -0.3 is 4.74 Å². The Morgan fingerprint density at radius 2 is 2.21 bits per heavy atom. The monoisotopic (exact) mass is 255 g/mol. The van der Waals surface area contributed by atoms with Crippen molar-refractivity contribution < 1.29 is 4.74 Å². The maximum absolute atomic E-state index is 5.71. The molecule has 1 aliphatic rings. The Hall–Kier alpha value is -0.570. The summed E-state index contributed by atoms with van der Waals surface area (Å²) in [6.07, 6.45) is 7.12. The normalized spacial score (nSPS) is 17.2. The second kappa shape index (κ2) is 4.78. The smallest absolute Gasteiger partial charge is 0.152 e. The van der Waals surface area contributed by atoms with Gasteiger partial charge in [0.1, 0.15) is 4.60 Å². The molecule has 0 aliphatic heterocycles. The number of rotatable bonds is 3. The molecule has 1 fully saturated rings. The Morgan fingerprint density at radius 3 is 2.93 bits per heavy atom. The van der Waals surface area contributed by atoms with Gasteiger partial charge in [-0.25, -0.2) is 4.98 Å². The van der Waals surface area contributed by atoms with Gasteiger partial charge in [0.15, 0.2) is 5.75 Å². The molecule has 0 spiro atoms. The first-order valence-corrected chi connectivity index (χ1v) is 5.89. The van der Waals surface area contributed by atoms with Gasteiger partial charge in [0, 0.05) is 6.20 Å². The minimum Gasteiger partial charge on any atom is -0.490 e. The summed E-state index contributed by atoms with van der Waals surface area (Å²) in [7, 11) is 0. The van der Waals surface area contributed by atoms with Crippen LogP contribution in [0, 0.1) is 5.92 Å². The molecule has 1 saturated carbocycles. The molecule has 14 heavy (non-hydrogen) atoms. The van der Waals surface area contributed by atoms with Crippen molar-refractivity contribution in [3.63, 3.8) is 0 Å². The van der Waals surface area contributed by atoms with E-state index in [0.29, 0.717) is 0 Å². The molecule has 0 saturated heterocycles. The molecule has 1 aromatic heterocycles. The van der Waals surface area contributed by atoms with E-state index in [4.69, 9.17) is 4.74 Å². The zero-order valence-corrected chi connectivity index (χ0v) is 9.66. The largest absolute Gasteiger partial charge is 0.490 e. The zero-order chi connectivity index (χ0) is 9.80. The molecule has 1 aliphatic carbocycles. The van der Waals surface area contributed by atoms with E-state index in [2.05, 4.69) is 20.9 Å². The fourth-order valence-electron chi connectivity index (χ4n) is 1.86. The molecule has 0 unspecified atom stereocenters. The van der Waals surface area contributed by atoms with Crippen LogP contribution in [-0.4, -0.2) is 11.6 Å². The fourth-order valence-corrected chi connectivity index (χ4v) is 2.23. The molecule has 76 valence electrons. The van der Waals surface area contributed by atoms with Crippen LogP contribution in [0.1, 0.15) is 25.7 Å². The maximum Gasteiger partial charge on any atom is 0.152 e. The summed E-state index contributed by atoms with van der Waals surface area (Å²) in [6.45, 7) is 0.838. The molecule has 0 atom stereocenters. The number of halogens is 1. The van der Waals surface area contributed by atoms with E-state index in [1.807, 2.05) is 12.1 Å². The molecule has 1 heterocycles. The van der Waals surface area contributed by atoms with E-state index in [9.17, 15) is 0 Å². The topological polar surface area (TPSA) is 22.1 Å². The van der Waals surface area contributed by atoms with Crippen molar-refractivity contribution >= 4 is 15.9 Å². The molecule has 0 N–H and O–H groups in total. The van der Waals surface area contributed by atoms with Crippen LogP contribution in [0.2, 0.25) is 0 Å². The lowest BCUT2D eigenvalue weighted by atomic mass is 10.1. The number of hydrogen-bond donors (Lipinski definition) is 0. The molecule has 0 aromatic carbocycles. The van der Waals surface area contributed by atoms with Crippen LogP contribution in [0.25, 0.3) is 0 Å². The summed E-state index contributed by atoms with van der Waals surface area (Å²) in [5, 5.41) is 0. The first-order chi connectivity index (χ1) is 6.86. The Labute approximate surface area is 92.8 Å². The van der Waals surface area contributed by atoms with Crippen molar-refractivity contribution in [1.29, 1.82) is 0 Å². The van der Waals surface area contributed by atoms with Gasteiger partial charge in [-0.05, 0) is 46.8 Å². The maximum atomic E-state index is 5.71. The third kappa shape index (κ3) is 2.47. The van der Waals surface area contributed by atoms with Gasteiger partial charge in [0.2, 0.25) is 0 Å². The van der Waals surface area contributed by atoms with Crippen LogP contribution in [0.15, 0.2) is 22.9 Å². The third-order valence-electron chi connectivity index (χ3n) is 2.67. The highest BCUT2D eigenvalue weighted by Crippen LogP contribution is 2.27. The van der Waals surface area contributed by atoms with E-state index < -0.39 is 0 Å². The molecule has 0 amide bonds. The van der Waals surface area contributed by atoms with Gasteiger partial charge in [0.05, 0.1) is 6.61 Å². The van der Waals surface area contributed by atoms with Crippen LogP contribution in [-0.2, 0) is 0 Å². The highest BCUT2D eigenvalue weighted by molar-refractivity contribution is 9.10. The molecule has 0 radical (unpaired) electrons. The summed E-state index contributed by atoms with van der Waals surface area (Å²) >= 11 is 3.37. The van der Waals surface area contributed by atoms with E-state index in [1.54, 1.807) is 6.20 Å². The lowest BCUT2D eigenvalue weighted by Crippen LogP contribution is -2.08. The third-order valence-corrected chi connectivity index (χ3v) is 3.27.